The van der Waals surface area contributed by atoms with Crippen molar-refractivity contribution in [3.63, 3.8) is 0 Å². The zero-order valence-corrected chi connectivity index (χ0v) is 17.3. The Kier molecular flexibility index (Phi) is 4.33. The molecule has 2 saturated carbocycles. The molecule has 0 N–H and O–H groups in total. The summed E-state index contributed by atoms with van der Waals surface area (Å²) in [6.07, 6.45) is 10.4. The lowest BCUT2D eigenvalue weighted by Gasteiger charge is -2.38. The van der Waals surface area contributed by atoms with E-state index in [0.717, 1.165) is 11.8 Å². The molecule has 0 radical (unpaired) electrons. The second-order valence-electron chi connectivity index (χ2n) is 9.81. The van der Waals surface area contributed by atoms with Gasteiger partial charge in [-0.15, -0.1) is 0 Å². The van der Waals surface area contributed by atoms with Crippen LogP contribution in [-0.4, -0.2) is 41.1 Å². The lowest BCUT2D eigenvalue weighted by Crippen LogP contribution is -2.46. The maximum absolute atomic E-state index is 6.92. The van der Waals surface area contributed by atoms with E-state index >= 15 is 0 Å². The van der Waals surface area contributed by atoms with E-state index < -0.39 is 16.6 Å². The molecule has 6 atom stereocenters. The molecular weight excluding hydrogens is 320 g/mol. The van der Waals surface area contributed by atoms with Gasteiger partial charge in [0.2, 0.25) is 0 Å². The Morgan fingerprint density at radius 3 is 1.52 bits per heavy atom. The van der Waals surface area contributed by atoms with Crippen LogP contribution >= 0.6 is 0 Å². The van der Waals surface area contributed by atoms with E-state index in [1.165, 1.54) is 50.6 Å². The molecule has 3 nitrogen and oxygen atoms in total. The van der Waals surface area contributed by atoms with Crippen LogP contribution in [0.15, 0.2) is 0 Å². The Balaban J connectivity index is 1.27. The van der Waals surface area contributed by atoms with Crippen LogP contribution in [0.1, 0.15) is 38.5 Å². The van der Waals surface area contributed by atoms with Crippen molar-refractivity contribution in [2.45, 2.75) is 101 Å². The molecule has 132 valence electrons. The van der Waals surface area contributed by atoms with Gasteiger partial charge in [0.25, 0.3) is 0 Å². The first kappa shape index (κ1) is 16.8. The van der Waals surface area contributed by atoms with Gasteiger partial charge in [0.15, 0.2) is 16.6 Å². The van der Waals surface area contributed by atoms with E-state index in [2.05, 4.69) is 26.2 Å². The first-order valence-corrected chi connectivity index (χ1v) is 16.0. The largest absolute Gasteiger partial charge is 0.455 e. The number of fused-ring (bicyclic) bond motifs is 2. The second-order valence-corrected chi connectivity index (χ2v) is 18.5. The maximum Gasteiger partial charge on any atom is 0.173 e. The van der Waals surface area contributed by atoms with Crippen molar-refractivity contribution in [1.82, 2.24) is 0 Å². The fraction of sp³-hybridized carbons (Fsp3) is 1.00. The molecule has 0 spiro atoms. The highest BCUT2D eigenvalue weighted by Crippen LogP contribution is 2.44. The van der Waals surface area contributed by atoms with Crippen LogP contribution in [0.25, 0.3) is 0 Å². The standard InChI is InChI=1S/C18H34O3Si2/c1-22(2,11-13-5-7-15-17(9-13)19-15)21-23(3,4)12-14-6-8-16-18(10-14)20-16/h13-18H,5-12H2,1-4H3. The van der Waals surface area contributed by atoms with Crippen LogP contribution in [0, 0.1) is 11.8 Å². The molecule has 2 aliphatic carbocycles. The van der Waals surface area contributed by atoms with E-state index in [9.17, 15) is 0 Å². The van der Waals surface area contributed by atoms with Gasteiger partial charge in [-0.25, -0.2) is 0 Å². The molecule has 2 saturated heterocycles. The quantitative estimate of drug-likeness (QED) is 0.518. The Hall–Kier alpha value is 0.314. The van der Waals surface area contributed by atoms with Gasteiger partial charge in [0, 0.05) is 0 Å². The van der Waals surface area contributed by atoms with Gasteiger partial charge in [-0.1, -0.05) is 0 Å². The van der Waals surface area contributed by atoms with E-state index in [4.69, 9.17) is 13.6 Å². The summed E-state index contributed by atoms with van der Waals surface area (Å²) in [5.74, 6) is 1.72. The summed E-state index contributed by atoms with van der Waals surface area (Å²) in [7, 11) is -3.11. The molecule has 4 rings (SSSR count). The highest BCUT2D eigenvalue weighted by atomic mass is 28.4. The van der Waals surface area contributed by atoms with Gasteiger partial charge in [-0.3, -0.25) is 0 Å². The molecule has 2 aliphatic heterocycles. The molecule has 4 fully saturated rings. The van der Waals surface area contributed by atoms with Crippen molar-refractivity contribution >= 4 is 16.6 Å². The van der Waals surface area contributed by atoms with Gasteiger partial charge >= 0.3 is 0 Å². The average molecular weight is 355 g/mol. The summed E-state index contributed by atoms with van der Waals surface area (Å²) in [5.41, 5.74) is 0. The molecule has 4 aliphatic rings. The van der Waals surface area contributed by atoms with Crippen LogP contribution in [0.5, 0.6) is 0 Å². The Morgan fingerprint density at radius 1 is 0.696 bits per heavy atom. The molecule has 2 heterocycles. The van der Waals surface area contributed by atoms with E-state index in [1.807, 2.05) is 0 Å². The molecule has 0 aromatic heterocycles. The van der Waals surface area contributed by atoms with Crippen LogP contribution in [-0.2, 0) is 13.6 Å². The van der Waals surface area contributed by atoms with E-state index in [1.54, 1.807) is 0 Å². The van der Waals surface area contributed by atoms with Crippen molar-refractivity contribution in [3.05, 3.63) is 0 Å². The molecule has 0 aromatic rings. The van der Waals surface area contributed by atoms with Gasteiger partial charge < -0.3 is 13.6 Å². The minimum Gasteiger partial charge on any atom is -0.455 e. The molecule has 5 heteroatoms. The summed E-state index contributed by atoms with van der Waals surface area (Å²) in [4.78, 5) is 0. The smallest absolute Gasteiger partial charge is 0.173 e. The Morgan fingerprint density at radius 2 is 1.13 bits per heavy atom. The minimum absolute atomic E-state index is 0.609. The highest BCUT2D eigenvalue weighted by Gasteiger charge is 2.47. The van der Waals surface area contributed by atoms with Crippen LogP contribution in [0.4, 0.5) is 0 Å². The third-order valence-electron chi connectivity index (χ3n) is 6.34. The number of hydrogen-bond donors (Lipinski definition) is 0. The van der Waals surface area contributed by atoms with Crippen LogP contribution < -0.4 is 0 Å². The van der Waals surface area contributed by atoms with Crippen molar-refractivity contribution in [3.8, 4) is 0 Å². The lowest BCUT2D eigenvalue weighted by molar-refractivity contribution is 0.361. The molecular formula is C18H34O3Si2. The SMILES string of the molecule is C[Si](C)(CC1CCC2OC2C1)O[Si](C)(C)CC1CCC2OC2C1. The Bertz CT molecular complexity index is 414. The first-order chi connectivity index (χ1) is 10.8. The van der Waals surface area contributed by atoms with Gasteiger partial charge in [0.05, 0.1) is 24.4 Å². The highest BCUT2D eigenvalue weighted by molar-refractivity contribution is 6.84. The zero-order chi connectivity index (χ0) is 16.2. The fourth-order valence-electron chi connectivity index (χ4n) is 5.57. The van der Waals surface area contributed by atoms with Crippen molar-refractivity contribution in [2.75, 3.05) is 0 Å². The topological polar surface area (TPSA) is 34.3 Å². The molecule has 0 bridgehead atoms. The summed E-state index contributed by atoms with van der Waals surface area (Å²) in [6.45, 7) is 9.84. The minimum atomic E-state index is -1.55. The number of rotatable bonds is 6. The van der Waals surface area contributed by atoms with Crippen molar-refractivity contribution < 1.29 is 13.6 Å². The molecule has 0 aromatic carbocycles. The van der Waals surface area contributed by atoms with Crippen LogP contribution in [0.3, 0.4) is 0 Å². The summed E-state index contributed by atoms with van der Waals surface area (Å²) in [5, 5.41) is 0. The van der Waals surface area contributed by atoms with E-state index in [0.29, 0.717) is 24.4 Å². The third-order valence-corrected chi connectivity index (χ3v) is 13.9. The number of ether oxygens (including phenoxy) is 2. The Labute approximate surface area is 143 Å². The molecule has 0 amide bonds. The normalized spacial score (nSPS) is 42.8. The first-order valence-electron chi connectivity index (χ1n) is 9.81. The van der Waals surface area contributed by atoms with Crippen molar-refractivity contribution in [2.24, 2.45) is 11.8 Å². The lowest BCUT2D eigenvalue weighted by atomic mass is 9.91. The van der Waals surface area contributed by atoms with Crippen LogP contribution in [0.2, 0.25) is 38.3 Å². The third kappa shape index (κ3) is 4.29. The average Bonchev–Trinajstić information content (AvgIpc) is 3.29. The maximum atomic E-state index is 6.92. The predicted octanol–water partition coefficient (Wildman–Crippen LogP) is 4.55. The summed E-state index contributed by atoms with van der Waals surface area (Å²) < 4.78 is 18.3. The monoisotopic (exact) mass is 354 g/mol. The fourth-order valence-corrected chi connectivity index (χ4v) is 15.7. The number of epoxide rings is 2. The molecule has 23 heavy (non-hydrogen) atoms. The zero-order valence-electron chi connectivity index (χ0n) is 15.3. The van der Waals surface area contributed by atoms with Gasteiger partial charge in [0.1, 0.15) is 0 Å². The molecule has 6 unspecified atom stereocenters. The van der Waals surface area contributed by atoms with Crippen molar-refractivity contribution in [1.29, 1.82) is 0 Å². The predicted molar refractivity (Wildman–Crippen MR) is 97.7 cm³/mol. The summed E-state index contributed by atoms with van der Waals surface area (Å²) >= 11 is 0. The second kappa shape index (κ2) is 5.94. The number of hydrogen-bond acceptors (Lipinski definition) is 3. The summed E-state index contributed by atoms with van der Waals surface area (Å²) in [6, 6.07) is 2.68. The van der Waals surface area contributed by atoms with E-state index in [-0.39, 0.29) is 0 Å². The van der Waals surface area contributed by atoms with Gasteiger partial charge in [-0.05, 0) is 88.6 Å². The van der Waals surface area contributed by atoms with Gasteiger partial charge in [-0.2, -0.15) is 0 Å².